The Balaban J connectivity index is 0.00000225. The summed E-state index contributed by atoms with van der Waals surface area (Å²) < 4.78 is 25.2. The number of hydrogen-bond acceptors (Lipinski definition) is 2. The summed E-state index contributed by atoms with van der Waals surface area (Å²) in [5, 5.41) is 4.76. The van der Waals surface area contributed by atoms with Gasteiger partial charge < -0.3 is 16.4 Å². The zero-order valence-corrected chi connectivity index (χ0v) is 9.11. The largest absolute Gasteiger partial charge is 0.337 e. The van der Waals surface area contributed by atoms with Crippen LogP contribution in [0.1, 0.15) is 0 Å². The summed E-state index contributed by atoms with van der Waals surface area (Å²) in [4.78, 5) is 11.1. The van der Waals surface area contributed by atoms with Gasteiger partial charge in [0, 0.05) is 24.8 Å². The number of benzene rings is 1. The molecule has 0 aliphatic heterocycles. The molecule has 1 rings (SSSR count). The van der Waals surface area contributed by atoms with E-state index in [1.807, 2.05) is 0 Å². The number of nitrogens with one attached hydrogen (secondary N) is 2. The fraction of sp³-hybridized carbons (Fsp3) is 0.222. The summed E-state index contributed by atoms with van der Waals surface area (Å²) in [6, 6.07) is 2.59. The van der Waals surface area contributed by atoms with Crippen molar-refractivity contribution in [3.05, 3.63) is 29.8 Å². The number of nitrogens with two attached hydrogens (primary N) is 1. The van der Waals surface area contributed by atoms with Crippen LogP contribution in [0.2, 0.25) is 0 Å². The van der Waals surface area contributed by atoms with Crippen LogP contribution in [0.5, 0.6) is 0 Å². The van der Waals surface area contributed by atoms with Crippen LogP contribution in [0.25, 0.3) is 0 Å². The van der Waals surface area contributed by atoms with E-state index in [0.717, 1.165) is 12.1 Å². The zero-order valence-electron chi connectivity index (χ0n) is 8.30. The summed E-state index contributed by atoms with van der Waals surface area (Å²) in [5.74, 6) is -1.96. The van der Waals surface area contributed by atoms with Gasteiger partial charge in [-0.05, 0) is 12.1 Å². The quantitative estimate of drug-likeness (QED) is 0.762. The molecule has 0 spiro atoms. The first-order chi connectivity index (χ1) is 7.13. The molecule has 0 radical (unpaired) electrons. The van der Waals surface area contributed by atoms with Gasteiger partial charge in [-0.15, -0.1) is 12.4 Å². The maximum absolute atomic E-state index is 12.7. The second-order valence-corrected chi connectivity index (χ2v) is 2.80. The SMILES string of the molecule is Cl.NCCNC(=O)Nc1ccc(F)c(F)c1. The van der Waals surface area contributed by atoms with E-state index < -0.39 is 17.7 Å². The van der Waals surface area contributed by atoms with E-state index in [1.165, 1.54) is 6.07 Å². The summed E-state index contributed by atoms with van der Waals surface area (Å²) in [5.41, 5.74) is 5.35. The van der Waals surface area contributed by atoms with E-state index in [1.54, 1.807) is 0 Å². The molecule has 0 aliphatic rings. The van der Waals surface area contributed by atoms with Gasteiger partial charge in [-0.3, -0.25) is 0 Å². The molecule has 0 fully saturated rings. The average Bonchev–Trinajstić information content (AvgIpc) is 2.20. The first kappa shape index (κ1) is 14.6. The van der Waals surface area contributed by atoms with Crippen LogP contribution >= 0.6 is 12.4 Å². The first-order valence-electron chi connectivity index (χ1n) is 4.33. The molecule has 0 unspecified atom stereocenters. The van der Waals surface area contributed by atoms with Crippen molar-refractivity contribution in [1.82, 2.24) is 5.32 Å². The van der Waals surface area contributed by atoms with E-state index >= 15 is 0 Å². The molecule has 90 valence electrons. The Morgan fingerprint density at radius 3 is 2.56 bits per heavy atom. The molecular formula is C9H12ClF2N3O. The molecule has 2 amide bonds. The van der Waals surface area contributed by atoms with Gasteiger partial charge in [0.1, 0.15) is 0 Å². The molecule has 0 heterocycles. The maximum atomic E-state index is 12.7. The third kappa shape index (κ3) is 4.41. The summed E-state index contributed by atoms with van der Waals surface area (Å²) >= 11 is 0. The number of hydrogen-bond donors (Lipinski definition) is 3. The number of anilines is 1. The van der Waals surface area contributed by atoms with Crippen molar-refractivity contribution in [1.29, 1.82) is 0 Å². The van der Waals surface area contributed by atoms with Crippen molar-refractivity contribution in [2.45, 2.75) is 0 Å². The number of carbonyl (C=O) groups excluding carboxylic acids is 1. The molecule has 0 saturated carbocycles. The highest BCUT2D eigenvalue weighted by molar-refractivity contribution is 5.89. The Kier molecular flexibility index (Phi) is 6.36. The van der Waals surface area contributed by atoms with Crippen LogP contribution in [-0.2, 0) is 0 Å². The summed E-state index contributed by atoms with van der Waals surface area (Å²) in [7, 11) is 0. The minimum absolute atomic E-state index is 0. The molecule has 16 heavy (non-hydrogen) atoms. The van der Waals surface area contributed by atoms with Gasteiger partial charge in [0.15, 0.2) is 11.6 Å². The lowest BCUT2D eigenvalue weighted by atomic mass is 10.3. The molecule has 0 aromatic heterocycles. The van der Waals surface area contributed by atoms with Crippen LogP contribution in [-0.4, -0.2) is 19.1 Å². The van der Waals surface area contributed by atoms with Gasteiger partial charge >= 0.3 is 6.03 Å². The van der Waals surface area contributed by atoms with Gasteiger partial charge in [0.25, 0.3) is 0 Å². The van der Waals surface area contributed by atoms with Gasteiger partial charge in [-0.1, -0.05) is 0 Å². The highest BCUT2D eigenvalue weighted by atomic mass is 35.5. The second-order valence-electron chi connectivity index (χ2n) is 2.80. The van der Waals surface area contributed by atoms with Crippen molar-refractivity contribution < 1.29 is 13.6 Å². The fourth-order valence-electron chi connectivity index (χ4n) is 0.935. The van der Waals surface area contributed by atoms with E-state index in [4.69, 9.17) is 5.73 Å². The Labute approximate surface area is 97.6 Å². The topological polar surface area (TPSA) is 67.1 Å². The summed E-state index contributed by atoms with van der Waals surface area (Å²) in [6.45, 7) is 0.626. The number of rotatable bonds is 3. The number of carbonyl (C=O) groups is 1. The van der Waals surface area contributed by atoms with Crippen molar-refractivity contribution in [3.63, 3.8) is 0 Å². The minimum Gasteiger partial charge on any atom is -0.337 e. The minimum atomic E-state index is -1.01. The average molecular weight is 252 g/mol. The van der Waals surface area contributed by atoms with Gasteiger partial charge in [-0.25, -0.2) is 13.6 Å². The molecule has 7 heteroatoms. The molecule has 4 N–H and O–H groups in total. The van der Waals surface area contributed by atoms with Gasteiger partial charge in [-0.2, -0.15) is 0 Å². The fourth-order valence-corrected chi connectivity index (χ4v) is 0.935. The third-order valence-electron chi connectivity index (χ3n) is 1.61. The lowest BCUT2D eigenvalue weighted by molar-refractivity contribution is 0.252. The molecule has 0 saturated heterocycles. The number of halogens is 3. The van der Waals surface area contributed by atoms with Crippen molar-refractivity contribution in [2.24, 2.45) is 5.73 Å². The van der Waals surface area contributed by atoms with Crippen LogP contribution in [0, 0.1) is 11.6 Å². The lowest BCUT2D eigenvalue weighted by Gasteiger charge is -2.06. The third-order valence-corrected chi connectivity index (χ3v) is 1.61. The Morgan fingerprint density at radius 2 is 2.00 bits per heavy atom. The van der Waals surface area contributed by atoms with Crippen LogP contribution in [0.3, 0.4) is 0 Å². The molecule has 1 aromatic rings. The molecule has 0 atom stereocenters. The predicted molar refractivity (Wildman–Crippen MR) is 59.7 cm³/mol. The summed E-state index contributed by atoms with van der Waals surface area (Å²) in [6.07, 6.45) is 0. The van der Waals surface area contributed by atoms with E-state index in [0.29, 0.717) is 13.1 Å². The van der Waals surface area contributed by atoms with Crippen molar-refractivity contribution >= 4 is 24.1 Å². The van der Waals surface area contributed by atoms with E-state index in [9.17, 15) is 13.6 Å². The zero-order chi connectivity index (χ0) is 11.3. The Morgan fingerprint density at radius 1 is 1.31 bits per heavy atom. The van der Waals surface area contributed by atoms with E-state index in [-0.39, 0.29) is 18.1 Å². The molecule has 0 aliphatic carbocycles. The Bertz CT molecular complexity index is 363. The highest BCUT2D eigenvalue weighted by Gasteiger charge is 2.04. The van der Waals surface area contributed by atoms with Gasteiger partial charge in [0.2, 0.25) is 0 Å². The standard InChI is InChI=1S/C9H11F2N3O.ClH/c10-7-2-1-6(5-8(7)11)14-9(15)13-4-3-12;/h1-2,5H,3-4,12H2,(H2,13,14,15);1H. The van der Waals surface area contributed by atoms with Crippen molar-refractivity contribution in [3.8, 4) is 0 Å². The molecular weight excluding hydrogens is 240 g/mol. The Hall–Kier alpha value is -1.40. The number of urea groups is 1. The molecule has 0 bridgehead atoms. The highest BCUT2D eigenvalue weighted by Crippen LogP contribution is 2.12. The van der Waals surface area contributed by atoms with Crippen LogP contribution in [0.15, 0.2) is 18.2 Å². The lowest BCUT2D eigenvalue weighted by Crippen LogP contribution is -2.32. The maximum Gasteiger partial charge on any atom is 0.319 e. The normalized spacial score (nSPS) is 9.19. The molecule has 4 nitrogen and oxygen atoms in total. The smallest absolute Gasteiger partial charge is 0.319 e. The molecule has 1 aromatic carbocycles. The monoisotopic (exact) mass is 251 g/mol. The predicted octanol–water partition coefficient (Wildman–Crippen LogP) is 1.47. The second kappa shape index (κ2) is 6.97. The van der Waals surface area contributed by atoms with Gasteiger partial charge in [0.05, 0.1) is 0 Å². The first-order valence-corrected chi connectivity index (χ1v) is 4.33. The van der Waals surface area contributed by atoms with Crippen LogP contribution in [0.4, 0.5) is 19.3 Å². The van der Waals surface area contributed by atoms with Crippen LogP contribution < -0.4 is 16.4 Å². The van der Waals surface area contributed by atoms with Crippen molar-refractivity contribution in [2.75, 3.05) is 18.4 Å². The van der Waals surface area contributed by atoms with E-state index in [2.05, 4.69) is 10.6 Å². The number of amides is 2.